The zero-order valence-corrected chi connectivity index (χ0v) is 20.7. The number of hydrogen-bond acceptors (Lipinski definition) is 4. The minimum Gasteiger partial charge on any atom is -0.481 e. The van der Waals surface area contributed by atoms with Crippen molar-refractivity contribution in [3.05, 3.63) is 47.0 Å². The minimum atomic E-state index is -1.48. The predicted molar refractivity (Wildman–Crippen MR) is 134 cm³/mol. The maximum atomic E-state index is 10.6. The highest BCUT2D eigenvalue weighted by atomic mass is 16.4. The molecule has 0 amide bonds. The standard InChI is InChI=1S/C18H34O2.C9H6O6/c1-2-3-4-5-6-7-8-9-10-11-12-13-14-15-16-17-18(19)20;10-7(11)4-1-2-5(8(12)13)6(3-4)9(14)15/h9-10H,2-8,11-17H2,1H3,(H,19,20);1-3H,(H,10,11)(H,12,13)(H,14,15)/b10-9-;. The Balaban J connectivity index is 0.000000686. The van der Waals surface area contributed by atoms with Crippen LogP contribution in [0.1, 0.15) is 128 Å². The number of aliphatic carboxylic acids is 1. The van der Waals surface area contributed by atoms with E-state index in [1.54, 1.807) is 0 Å². The highest BCUT2D eigenvalue weighted by Gasteiger charge is 2.17. The molecule has 1 aromatic rings. The van der Waals surface area contributed by atoms with Crippen molar-refractivity contribution in [1.82, 2.24) is 0 Å². The Kier molecular flexibility index (Phi) is 18.4. The average molecular weight is 493 g/mol. The fraction of sp³-hybridized carbons (Fsp3) is 0.556. The number of carboxylic acid groups (broad SMARTS) is 4. The summed E-state index contributed by atoms with van der Waals surface area (Å²) in [6.45, 7) is 2.26. The minimum absolute atomic E-state index is 0.266. The van der Waals surface area contributed by atoms with Crippen molar-refractivity contribution in [3.63, 3.8) is 0 Å². The second-order valence-corrected chi connectivity index (χ2v) is 8.40. The van der Waals surface area contributed by atoms with E-state index in [-0.39, 0.29) is 5.56 Å². The van der Waals surface area contributed by atoms with Gasteiger partial charge in [0.2, 0.25) is 0 Å². The van der Waals surface area contributed by atoms with Gasteiger partial charge in [0.25, 0.3) is 0 Å². The van der Waals surface area contributed by atoms with Crippen molar-refractivity contribution in [2.45, 2.75) is 96.8 Å². The number of allylic oxidation sites excluding steroid dienone is 2. The number of carboxylic acids is 4. The molecule has 8 heteroatoms. The van der Waals surface area contributed by atoms with E-state index in [0.29, 0.717) is 6.42 Å². The summed E-state index contributed by atoms with van der Waals surface area (Å²) in [7, 11) is 0. The lowest BCUT2D eigenvalue weighted by Gasteiger charge is -2.02. The molecule has 0 saturated heterocycles. The maximum absolute atomic E-state index is 10.6. The fourth-order valence-electron chi connectivity index (χ4n) is 3.39. The topological polar surface area (TPSA) is 149 Å². The zero-order chi connectivity index (χ0) is 26.5. The molecule has 0 atom stereocenters. The molecule has 196 valence electrons. The molecule has 0 spiro atoms. The molecule has 1 aromatic carbocycles. The van der Waals surface area contributed by atoms with Crippen LogP contribution in [-0.4, -0.2) is 44.3 Å². The van der Waals surface area contributed by atoms with Gasteiger partial charge in [0.05, 0.1) is 16.7 Å². The molecule has 0 fully saturated rings. The van der Waals surface area contributed by atoms with E-state index in [9.17, 15) is 19.2 Å². The number of hydrogen-bond donors (Lipinski definition) is 4. The van der Waals surface area contributed by atoms with Gasteiger partial charge in [-0.15, -0.1) is 0 Å². The van der Waals surface area contributed by atoms with Crippen LogP contribution in [0, 0.1) is 0 Å². The molecule has 0 radical (unpaired) electrons. The van der Waals surface area contributed by atoms with Gasteiger partial charge in [0.15, 0.2) is 0 Å². The van der Waals surface area contributed by atoms with Gasteiger partial charge < -0.3 is 20.4 Å². The Morgan fingerprint density at radius 3 is 1.57 bits per heavy atom. The third-order valence-electron chi connectivity index (χ3n) is 5.38. The first-order valence-electron chi connectivity index (χ1n) is 12.4. The Bertz CT molecular complexity index is 813. The molecule has 0 heterocycles. The Morgan fingerprint density at radius 2 is 1.11 bits per heavy atom. The number of rotatable bonds is 18. The smallest absolute Gasteiger partial charge is 0.336 e. The molecule has 1 rings (SSSR count). The summed E-state index contributed by atoms with van der Waals surface area (Å²) in [6.07, 6.45) is 21.2. The SMILES string of the molecule is CCCCCCCC/C=C\CCCCCCCC(=O)O.O=C(O)c1ccc(C(=O)O)c(C(=O)O)c1. The number of unbranched alkanes of at least 4 members (excludes halogenated alkanes) is 11. The number of carbonyl (C=O) groups is 4. The third-order valence-corrected chi connectivity index (χ3v) is 5.38. The molecule has 0 aromatic heterocycles. The molecule has 0 aliphatic rings. The quantitative estimate of drug-likeness (QED) is 0.128. The first-order valence-corrected chi connectivity index (χ1v) is 12.4. The fourth-order valence-corrected chi connectivity index (χ4v) is 3.39. The number of aromatic carboxylic acids is 3. The van der Waals surface area contributed by atoms with Crippen LogP contribution in [0.4, 0.5) is 0 Å². The van der Waals surface area contributed by atoms with Crippen LogP contribution in [0.5, 0.6) is 0 Å². The van der Waals surface area contributed by atoms with Crippen LogP contribution >= 0.6 is 0 Å². The highest BCUT2D eigenvalue weighted by molar-refractivity contribution is 6.03. The normalized spacial score (nSPS) is 10.5. The summed E-state index contributed by atoms with van der Waals surface area (Å²) < 4.78 is 0. The van der Waals surface area contributed by atoms with E-state index < -0.39 is 35.0 Å². The molecule has 0 saturated carbocycles. The summed E-state index contributed by atoms with van der Waals surface area (Å²) in [5, 5.41) is 34.4. The Morgan fingerprint density at radius 1 is 0.629 bits per heavy atom. The van der Waals surface area contributed by atoms with E-state index in [4.69, 9.17) is 20.4 Å². The summed E-state index contributed by atoms with van der Waals surface area (Å²) in [6, 6.07) is 2.81. The second kappa shape index (κ2) is 20.2. The van der Waals surface area contributed by atoms with Crippen molar-refractivity contribution in [2.24, 2.45) is 0 Å². The monoisotopic (exact) mass is 492 g/mol. The van der Waals surface area contributed by atoms with Crippen LogP contribution in [0.15, 0.2) is 30.4 Å². The summed E-state index contributed by atoms with van der Waals surface area (Å²) in [5.74, 6) is -4.86. The van der Waals surface area contributed by atoms with E-state index >= 15 is 0 Å². The van der Waals surface area contributed by atoms with E-state index in [2.05, 4.69) is 19.1 Å². The Hall–Kier alpha value is -3.16. The predicted octanol–water partition coefficient (Wildman–Crippen LogP) is 6.89. The first kappa shape index (κ1) is 31.8. The molecule has 0 aliphatic carbocycles. The van der Waals surface area contributed by atoms with Crippen LogP contribution in [0.2, 0.25) is 0 Å². The molecular weight excluding hydrogens is 452 g/mol. The van der Waals surface area contributed by atoms with Gasteiger partial charge >= 0.3 is 23.9 Å². The van der Waals surface area contributed by atoms with Gasteiger partial charge in [-0.2, -0.15) is 0 Å². The van der Waals surface area contributed by atoms with Gasteiger partial charge in [0.1, 0.15) is 0 Å². The molecular formula is C27H40O8. The van der Waals surface area contributed by atoms with Crippen LogP contribution in [0.25, 0.3) is 0 Å². The van der Waals surface area contributed by atoms with Crippen molar-refractivity contribution in [1.29, 1.82) is 0 Å². The zero-order valence-electron chi connectivity index (χ0n) is 20.7. The molecule has 0 aliphatic heterocycles. The lowest BCUT2D eigenvalue weighted by Crippen LogP contribution is -2.10. The van der Waals surface area contributed by atoms with Crippen molar-refractivity contribution < 1.29 is 39.6 Å². The van der Waals surface area contributed by atoms with Gasteiger partial charge in [0, 0.05) is 6.42 Å². The second-order valence-electron chi connectivity index (χ2n) is 8.40. The van der Waals surface area contributed by atoms with Gasteiger partial charge in [-0.3, -0.25) is 4.79 Å². The number of benzene rings is 1. The van der Waals surface area contributed by atoms with Crippen molar-refractivity contribution in [2.75, 3.05) is 0 Å². The molecule has 35 heavy (non-hydrogen) atoms. The van der Waals surface area contributed by atoms with Gasteiger partial charge in [-0.25, -0.2) is 14.4 Å². The van der Waals surface area contributed by atoms with Crippen molar-refractivity contribution >= 4 is 23.9 Å². The van der Waals surface area contributed by atoms with Gasteiger partial charge in [-0.05, 0) is 50.3 Å². The average Bonchev–Trinajstić information content (AvgIpc) is 2.81. The third kappa shape index (κ3) is 17.0. The Labute approximate surface area is 207 Å². The molecule has 0 unspecified atom stereocenters. The summed E-state index contributed by atoms with van der Waals surface area (Å²) >= 11 is 0. The van der Waals surface area contributed by atoms with Crippen molar-refractivity contribution in [3.8, 4) is 0 Å². The largest absolute Gasteiger partial charge is 0.481 e. The summed E-state index contributed by atoms with van der Waals surface area (Å²) in [5.41, 5.74) is -1.24. The molecule has 0 bridgehead atoms. The van der Waals surface area contributed by atoms with Crippen LogP contribution in [-0.2, 0) is 4.79 Å². The lowest BCUT2D eigenvalue weighted by molar-refractivity contribution is -0.137. The van der Waals surface area contributed by atoms with E-state index in [0.717, 1.165) is 31.0 Å². The maximum Gasteiger partial charge on any atom is 0.336 e. The van der Waals surface area contributed by atoms with E-state index in [1.165, 1.54) is 70.6 Å². The van der Waals surface area contributed by atoms with Crippen LogP contribution < -0.4 is 0 Å². The lowest BCUT2D eigenvalue weighted by atomic mass is 10.0. The highest BCUT2D eigenvalue weighted by Crippen LogP contribution is 2.13. The molecule has 8 nitrogen and oxygen atoms in total. The first-order chi connectivity index (χ1) is 16.7. The summed E-state index contributed by atoms with van der Waals surface area (Å²) in [4.78, 5) is 42.1. The van der Waals surface area contributed by atoms with E-state index in [1.807, 2.05) is 0 Å². The van der Waals surface area contributed by atoms with Crippen LogP contribution in [0.3, 0.4) is 0 Å². The van der Waals surface area contributed by atoms with Gasteiger partial charge in [-0.1, -0.05) is 70.4 Å². The molecule has 4 N–H and O–H groups in total.